The topological polar surface area (TPSA) is 39.6 Å². The molecule has 0 aromatic heterocycles. The standard InChI is InChI=1S/C8H17N3O/c1-10-3-5-11(6-4-10)8(9)7-12-2/h9H,3-7H2,1-2H3. The first-order chi connectivity index (χ1) is 5.74. The summed E-state index contributed by atoms with van der Waals surface area (Å²) in [6.45, 7) is 4.44. The summed E-state index contributed by atoms with van der Waals surface area (Å²) >= 11 is 0. The van der Waals surface area contributed by atoms with Gasteiger partial charge in [-0.25, -0.2) is 0 Å². The first kappa shape index (κ1) is 9.48. The summed E-state index contributed by atoms with van der Waals surface area (Å²) in [6.07, 6.45) is 0. The summed E-state index contributed by atoms with van der Waals surface area (Å²) in [7, 11) is 3.74. The molecule has 1 rings (SSSR count). The Bertz CT molecular complexity index is 152. The summed E-state index contributed by atoms with van der Waals surface area (Å²) in [5.41, 5.74) is 0. The van der Waals surface area contributed by atoms with Crippen molar-refractivity contribution in [2.45, 2.75) is 0 Å². The Morgan fingerprint density at radius 1 is 1.33 bits per heavy atom. The SMILES string of the molecule is COCC(=N)N1CCN(C)CC1. The molecule has 0 spiro atoms. The van der Waals surface area contributed by atoms with Gasteiger partial charge in [0.15, 0.2) is 0 Å². The molecule has 1 aliphatic heterocycles. The van der Waals surface area contributed by atoms with Gasteiger partial charge < -0.3 is 14.5 Å². The second-order valence-electron chi connectivity index (χ2n) is 3.17. The number of nitrogens with zero attached hydrogens (tertiary/aromatic N) is 2. The molecular weight excluding hydrogens is 154 g/mol. The monoisotopic (exact) mass is 171 g/mol. The minimum atomic E-state index is 0.434. The van der Waals surface area contributed by atoms with Crippen LogP contribution in [-0.2, 0) is 4.74 Å². The van der Waals surface area contributed by atoms with E-state index < -0.39 is 0 Å². The Balaban J connectivity index is 2.29. The van der Waals surface area contributed by atoms with E-state index in [0.29, 0.717) is 12.4 Å². The van der Waals surface area contributed by atoms with E-state index in [1.165, 1.54) is 0 Å². The second-order valence-corrected chi connectivity index (χ2v) is 3.17. The Morgan fingerprint density at radius 3 is 2.42 bits per heavy atom. The van der Waals surface area contributed by atoms with Crippen molar-refractivity contribution < 1.29 is 4.74 Å². The van der Waals surface area contributed by atoms with Gasteiger partial charge in [0.25, 0.3) is 0 Å². The van der Waals surface area contributed by atoms with Crippen molar-refractivity contribution in [2.75, 3.05) is 46.9 Å². The van der Waals surface area contributed by atoms with Crippen molar-refractivity contribution in [1.29, 1.82) is 5.41 Å². The number of piperazine rings is 1. The van der Waals surface area contributed by atoms with Crippen LogP contribution in [0, 0.1) is 5.41 Å². The molecule has 4 heteroatoms. The molecule has 0 amide bonds. The average molecular weight is 171 g/mol. The smallest absolute Gasteiger partial charge is 0.122 e. The lowest BCUT2D eigenvalue weighted by atomic mass is 10.3. The van der Waals surface area contributed by atoms with Crippen LogP contribution in [0.1, 0.15) is 0 Å². The maximum atomic E-state index is 7.63. The molecule has 0 aromatic rings. The van der Waals surface area contributed by atoms with Crippen molar-refractivity contribution in [3.8, 4) is 0 Å². The number of amidine groups is 1. The van der Waals surface area contributed by atoms with Gasteiger partial charge in [0.2, 0.25) is 0 Å². The fourth-order valence-corrected chi connectivity index (χ4v) is 1.30. The van der Waals surface area contributed by atoms with Gasteiger partial charge >= 0.3 is 0 Å². The van der Waals surface area contributed by atoms with Gasteiger partial charge in [0.1, 0.15) is 12.4 Å². The molecule has 1 saturated heterocycles. The molecule has 0 bridgehead atoms. The van der Waals surface area contributed by atoms with Gasteiger partial charge in [0.05, 0.1) is 0 Å². The molecule has 0 unspecified atom stereocenters. The quantitative estimate of drug-likeness (QED) is 0.464. The first-order valence-electron chi connectivity index (χ1n) is 4.24. The fourth-order valence-electron chi connectivity index (χ4n) is 1.30. The minimum absolute atomic E-state index is 0.434. The number of hydrogen-bond acceptors (Lipinski definition) is 3. The highest BCUT2D eigenvalue weighted by Gasteiger charge is 2.15. The first-order valence-corrected chi connectivity index (χ1v) is 4.24. The van der Waals surface area contributed by atoms with Gasteiger partial charge in [-0.05, 0) is 7.05 Å². The zero-order valence-corrected chi connectivity index (χ0v) is 7.84. The van der Waals surface area contributed by atoms with E-state index in [9.17, 15) is 0 Å². The van der Waals surface area contributed by atoms with Crippen molar-refractivity contribution in [3.63, 3.8) is 0 Å². The zero-order valence-electron chi connectivity index (χ0n) is 7.84. The largest absolute Gasteiger partial charge is 0.377 e. The molecule has 0 aromatic carbocycles. The summed E-state index contributed by atoms with van der Waals surface area (Å²) in [5, 5.41) is 7.63. The highest BCUT2D eigenvalue weighted by molar-refractivity contribution is 5.80. The predicted molar refractivity (Wildman–Crippen MR) is 48.7 cm³/mol. The number of rotatable bonds is 2. The van der Waals surface area contributed by atoms with Crippen LogP contribution < -0.4 is 0 Å². The van der Waals surface area contributed by atoms with Crippen LogP contribution in [0.25, 0.3) is 0 Å². The maximum absolute atomic E-state index is 7.63. The van der Waals surface area contributed by atoms with Crippen LogP contribution >= 0.6 is 0 Å². The van der Waals surface area contributed by atoms with Crippen LogP contribution in [0.4, 0.5) is 0 Å². The van der Waals surface area contributed by atoms with Crippen molar-refractivity contribution in [1.82, 2.24) is 9.80 Å². The highest BCUT2D eigenvalue weighted by Crippen LogP contribution is 1.99. The van der Waals surface area contributed by atoms with E-state index in [4.69, 9.17) is 10.1 Å². The minimum Gasteiger partial charge on any atom is -0.377 e. The van der Waals surface area contributed by atoms with E-state index in [2.05, 4.69) is 16.8 Å². The molecule has 12 heavy (non-hydrogen) atoms. The lowest BCUT2D eigenvalue weighted by Gasteiger charge is -2.33. The van der Waals surface area contributed by atoms with Gasteiger partial charge in [-0.15, -0.1) is 0 Å². The molecule has 1 fully saturated rings. The van der Waals surface area contributed by atoms with E-state index in [0.717, 1.165) is 26.2 Å². The van der Waals surface area contributed by atoms with Crippen LogP contribution in [-0.4, -0.2) is 62.6 Å². The van der Waals surface area contributed by atoms with Crippen LogP contribution in [0.15, 0.2) is 0 Å². The maximum Gasteiger partial charge on any atom is 0.122 e. The Kier molecular flexibility index (Phi) is 3.49. The Labute approximate surface area is 73.6 Å². The molecule has 0 saturated carbocycles. The normalized spacial score (nSPS) is 19.7. The molecule has 0 atom stereocenters. The van der Waals surface area contributed by atoms with E-state index in [1.54, 1.807) is 7.11 Å². The van der Waals surface area contributed by atoms with E-state index in [-0.39, 0.29) is 0 Å². The molecule has 70 valence electrons. The summed E-state index contributed by atoms with van der Waals surface area (Å²) in [5.74, 6) is 0.602. The third-order valence-corrected chi connectivity index (χ3v) is 2.17. The molecule has 1 N–H and O–H groups in total. The number of likely N-dealkylation sites (N-methyl/N-ethyl adjacent to an activating group) is 1. The number of methoxy groups -OCH3 is 1. The van der Waals surface area contributed by atoms with Gasteiger partial charge in [-0.3, -0.25) is 5.41 Å². The molecule has 1 heterocycles. The predicted octanol–water partition coefficient (Wildman–Crippen LogP) is -0.143. The third kappa shape index (κ3) is 2.46. The second kappa shape index (κ2) is 4.42. The van der Waals surface area contributed by atoms with Crippen LogP contribution in [0.3, 0.4) is 0 Å². The van der Waals surface area contributed by atoms with Crippen LogP contribution in [0.2, 0.25) is 0 Å². The van der Waals surface area contributed by atoms with Gasteiger partial charge in [0, 0.05) is 33.3 Å². The summed E-state index contributed by atoms with van der Waals surface area (Å²) < 4.78 is 4.90. The summed E-state index contributed by atoms with van der Waals surface area (Å²) in [6, 6.07) is 0. The number of nitrogens with one attached hydrogen (secondary N) is 1. The van der Waals surface area contributed by atoms with Crippen molar-refractivity contribution in [3.05, 3.63) is 0 Å². The molecular formula is C8H17N3O. The molecule has 4 nitrogen and oxygen atoms in total. The molecule has 0 aliphatic carbocycles. The Morgan fingerprint density at radius 2 is 1.92 bits per heavy atom. The van der Waals surface area contributed by atoms with Gasteiger partial charge in [-0.2, -0.15) is 0 Å². The Hall–Kier alpha value is -0.610. The number of ether oxygens (including phenoxy) is 1. The third-order valence-electron chi connectivity index (χ3n) is 2.17. The number of hydrogen-bond donors (Lipinski definition) is 1. The lowest BCUT2D eigenvalue weighted by molar-refractivity contribution is 0.189. The molecule has 1 aliphatic rings. The molecule has 0 radical (unpaired) electrons. The fraction of sp³-hybridized carbons (Fsp3) is 0.875. The highest BCUT2D eigenvalue weighted by atomic mass is 16.5. The average Bonchev–Trinajstić information content (AvgIpc) is 2.06. The van der Waals surface area contributed by atoms with Crippen molar-refractivity contribution in [2.24, 2.45) is 0 Å². The van der Waals surface area contributed by atoms with E-state index >= 15 is 0 Å². The van der Waals surface area contributed by atoms with E-state index in [1.807, 2.05) is 0 Å². The van der Waals surface area contributed by atoms with Gasteiger partial charge in [-0.1, -0.05) is 0 Å². The zero-order chi connectivity index (χ0) is 8.97. The summed E-state index contributed by atoms with van der Waals surface area (Å²) in [4.78, 5) is 4.35. The van der Waals surface area contributed by atoms with Crippen LogP contribution in [0.5, 0.6) is 0 Å². The lowest BCUT2D eigenvalue weighted by Crippen LogP contribution is -2.47. The van der Waals surface area contributed by atoms with Crippen molar-refractivity contribution >= 4 is 5.84 Å².